The molecule has 0 bridgehead atoms. The van der Waals surface area contributed by atoms with Gasteiger partial charge in [0.1, 0.15) is 0 Å². The molecule has 0 aliphatic heterocycles. The second kappa shape index (κ2) is 3.49. The summed E-state index contributed by atoms with van der Waals surface area (Å²) in [5.74, 6) is -2.17. The first-order valence-corrected chi connectivity index (χ1v) is 5.60. The lowest BCUT2D eigenvalue weighted by Gasteiger charge is -2.19. The van der Waals surface area contributed by atoms with Gasteiger partial charge in [-0.15, -0.1) is 0 Å². The Morgan fingerprint density at radius 3 is 2.23 bits per heavy atom. The summed E-state index contributed by atoms with van der Waals surface area (Å²) >= 11 is 0. The molecule has 1 atom stereocenters. The Kier molecular flexibility index (Phi) is 2.91. The molecule has 13 heavy (non-hydrogen) atoms. The average molecular weight is 214 g/mol. The van der Waals surface area contributed by atoms with Crippen LogP contribution >= 0.6 is 0 Å². The molecule has 1 aliphatic rings. The molecule has 3 nitrogen and oxygen atoms in total. The van der Waals surface area contributed by atoms with Gasteiger partial charge in [0.05, 0.1) is 0 Å². The summed E-state index contributed by atoms with van der Waals surface area (Å²) in [6.45, 7) is 0.813. The van der Waals surface area contributed by atoms with Gasteiger partial charge in [0.25, 0.3) is 0 Å². The monoisotopic (exact) mass is 214 g/mol. The van der Waals surface area contributed by atoms with Crippen LogP contribution in [-0.2, 0) is 14.3 Å². The summed E-state index contributed by atoms with van der Waals surface area (Å²) in [6, 6.07) is 0. The summed E-state index contributed by atoms with van der Waals surface area (Å²) < 4.78 is 51.7. The van der Waals surface area contributed by atoms with Crippen molar-refractivity contribution in [3.8, 4) is 0 Å². The van der Waals surface area contributed by atoms with Gasteiger partial charge < -0.3 is 0 Å². The second-order valence-corrected chi connectivity index (χ2v) is 5.01. The lowest BCUT2D eigenvalue weighted by Crippen LogP contribution is -2.30. The molecule has 78 valence electrons. The van der Waals surface area contributed by atoms with Crippen molar-refractivity contribution in [2.24, 2.45) is 0 Å². The third-order valence-electron chi connectivity index (χ3n) is 2.01. The van der Waals surface area contributed by atoms with Crippen LogP contribution in [0.1, 0.15) is 32.6 Å². The molecule has 1 rings (SSSR count). The minimum absolute atomic E-state index is 0.0267. The fourth-order valence-electron chi connectivity index (χ4n) is 1.26. The summed E-state index contributed by atoms with van der Waals surface area (Å²) in [5, 5.41) is 0. The maximum atomic E-state index is 13.4. The SMILES string of the molecule is CC(F)S(=O)(=O)OC1(F)CCCC1. The van der Waals surface area contributed by atoms with Crippen molar-refractivity contribution in [1.82, 2.24) is 0 Å². The van der Waals surface area contributed by atoms with Crippen molar-refractivity contribution < 1.29 is 21.4 Å². The van der Waals surface area contributed by atoms with Crippen molar-refractivity contribution >= 4 is 10.1 Å². The van der Waals surface area contributed by atoms with E-state index >= 15 is 0 Å². The highest BCUT2D eigenvalue weighted by atomic mass is 32.2. The van der Waals surface area contributed by atoms with Crippen LogP contribution in [0, 0.1) is 0 Å². The zero-order chi connectivity index (χ0) is 10.1. The third-order valence-corrected chi connectivity index (χ3v) is 3.34. The average Bonchev–Trinajstić information content (AvgIpc) is 2.34. The van der Waals surface area contributed by atoms with E-state index in [9.17, 15) is 17.2 Å². The molecule has 0 amide bonds. The molecular formula is C7H12F2O3S. The van der Waals surface area contributed by atoms with E-state index in [1.807, 2.05) is 0 Å². The molecule has 1 unspecified atom stereocenters. The molecule has 0 aromatic heterocycles. The normalized spacial score (nSPS) is 24.5. The Morgan fingerprint density at radius 1 is 1.38 bits per heavy atom. The van der Waals surface area contributed by atoms with Crippen LogP contribution < -0.4 is 0 Å². The van der Waals surface area contributed by atoms with Crippen LogP contribution in [0.15, 0.2) is 0 Å². The molecule has 0 aromatic carbocycles. The standard InChI is InChI=1S/C7H12F2O3S/c1-6(8)13(10,11)12-7(9)4-2-3-5-7/h6H,2-5H2,1H3. The molecular weight excluding hydrogens is 202 g/mol. The van der Waals surface area contributed by atoms with E-state index in [4.69, 9.17) is 0 Å². The van der Waals surface area contributed by atoms with Crippen LogP contribution in [0.5, 0.6) is 0 Å². The van der Waals surface area contributed by atoms with Gasteiger partial charge in [0, 0.05) is 12.8 Å². The second-order valence-electron chi connectivity index (χ2n) is 3.21. The first kappa shape index (κ1) is 10.8. The van der Waals surface area contributed by atoms with E-state index in [-0.39, 0.29) is 12.8 Å². The molecule has 0 saturated heterocycles. The van der Waals surface area contributed by atoms with Gasteiger partial charge in [-0.05, 0) is 19.8 Å². The van der Waals surface area contributed by atoms with Crippen LogP contribution in [0.3, 0.4) is 0 Å². The molecule has 0 spiro atoms. The van der Waals surface area contributed by atoms with Crippen molar-refractivity contribution in [3.63, 3.8) is 0 Å². The zero-order valence-electron chi connectivity index (χ0n) is 7.29. The molecule has 0 heterocycles. The summed E-state index contributed by atoms with van der Waals surface area (Å²) in [7, 11) is -4.38. The number of hydrogen-bond acceptors (Lipinski definition) is 3. The fourth-order valence-corrected chi connectivity index (χ4v) is 1.98. The fraction of sp³-hybridized carbons (Fsp3) is 1.00. The van der Waals surface area contributed by atoms with Crippen LogP contribution in [0.4, 0.5) is 8.78 Å². The number of hydrogen-bond donors (Lipinski definition) is 0. The Bertz CT molecular complexity index is 267. The largest absolute Gasteiger partial charge is 0.302 e. The van der Waals surface area contributed by atoms with Gasteiger partial charge in [0.2, 0.25) is 11.4 Å². The first-order chi connectivity index (χ1) is 5.86. The third kappa shape index (κ3) is 2.60. The molecule has 1 aliphatic carbocycles. The van der Waals surface area contributed by atoms with E-state index in [2.05, 4.69) is 4.18 Å². The van der Waals surface area contributed by atoms with E-state index in [1.165, 1.54) is 0 Å². The smallest absolute Gasteiger partial charge is 0.228 e. The Balaban J connectivity index is 2.67. The molecule has 6 heteroatoms. The molecule has 0 aromatic rings. The lowest BCUT2D eigenvalue weighted by atomic mass is 10.3. The van der Waals surface area contributed by atoms with Crippen molar-refractivity contribution in [3.05, 3.63) is 0 Å². The lowest BCUT2D eigenvalue weighted by molar-refractivity contribution is -0.0514. The molecule has 0 N–H and O–H groups in total. The maximum Gasteiger partial charge on any atom is 0.302 e. The van der Waals surface area contributed by atoms with Crippen LogP contribution in [0.25, 0.3) is 0 Å². The Labute approximate surface area is 76.2 Å². The molecule has 1 fully saturated rings. The van der Waals surface area contributed by atoms with Crippen LogP contribution in [0.2, 0.25) is 0 Å². The van der Waals surface area contributed by atoms with E-state index in [0.717, 1.165) is 6.92 Å². The minimum atomic E-state index is -4.38. The van der Waals surface area contributed by atoms with Gasteiger partial charge in [-0.25, -0.2) is 13.0 Å². The Morgan fingerprint density at radius 2 is 1.85 bits per heavy atom. The van der Waals surface area contributed by atoms with E-state index in [0.29, 0.717) is 12.8 Å². The van der Waals surface area contributed by atoms with Gasteiger partial charge in [-0.1, -0.05) is 0 Å². The van der Waals surface area contributed by atoms with E-state index < -0.39 is 21.5 Å². The number of halogens is 2. The highest BCUT2D eigenvalue weighted by Gasteiger charge is 2.41. The van der Waals surface area contributed by atoms with Gasteiger partial charge >= 0.3 is 10.1 Å². The highest BCUT2D eigenvalue weighted by molar-refractivity contribution is 7.87. The van der Waals surface area contributed by atoms with Crippen molar-refractivity contribution in [2.45, 2.75) is 44.0 Å². The minimum Gasteiger partial charge on any atom is -0.228 e. The first-order valence-electron chi connectivity index (χ1n) is 4.13. The van der Waals surface area contributed by atoms with E-state index in [1.54, 1.807) is 0 Å². The predicted molar refractivity (Wildman–Crippen MR) is 42.9 cm³/mol. The molecule has 1 saturated carbocycles. The highest BCUT2D eigenvalue weighted by Crippen LogP contribution is 2.36. The topological polar surface area (TPSA) is 43.4 Å². The maximum absolute atomic E-state index is 13.4. The Hall–Kier alpha value is -0.230. The van der Waals surface area contributed by atoms with Gasteiger partial charge in [-0.3, -0.25) is 0 Å². The number of rotatable bonds is 3. The zero-order valence-corrected chi connectivity index (χ0v) is 8.11. The predicted octanol–water partition coefficient (Wildman–Crippen LogP) is 1.89. The van der Waals surface area contributed by atoms with Crippen molar-refractivity contribution in [2.75, 3.05) is 0 Å². The number of alkyl halides is 2. The van der Waals surface area contributed by atoms with Crippen LogP contribution in [-0.4, -0.2) is 19.8 Å². The van der Waals surface area contributed by atoms with Crippen molar-refractivity contribution in [1.29, 1.82) is 0 Å². The van der Waals surface area contributed by atoms with Gasteiger partial charge in [0.15, 0.2) is 0 Å². The molecule has 0 radical (unpaired) electrons. The quantitative estimate of drug-likeness (QED) is 0.674. The summed E-state index contributed by atoms with van der Waals surface area (Å²) in [5.41, 5.74) is -2.18. The summed E-state index contributed by atoms with van der Waals surface area (Å²) in [6.07, 6.45) is 1.21. The van der Waals surface area contributed by atoms with Gasteiger partial charge in [-0.2, -0.15) is 8.42 Å². The summed E-state index contributed by atoms with van der Waals surface area (Å²) in [4.78, 5) is 0.